The molecule has 0 aromatic carbocycles. The minimum absolute atomic E-state index is 0.189. The van der Waals surface area contributed by atoms with Crippen molar-refractivity contribution in [2.75, 3.05) is 13.1 Å². The van der Waals surface area contributed by atoms with E-state index < -0.39 is 0 Å². The van der Waals surface area contributed by atoms with E-state index in [0.29, 0.717) is 6.04 Å². The van der Waals surface area contributed by atoms with Gasteiger partial charge in [-0.2, -0.15) is 0 Å². The Labute approximate surface area is 87.6 Å². The Morgan fingerprint density at radius 2 is 1.71 bits per heavy atom. The van der Waals surface area contributed by atoms with E-state index in [1.807, 2.05) is 0 Å². The van der Waals surface area contributed by atoms with Crippen LogP contribution in [0.2, 0.25) is 0 Å². The van der Waals surface area contributed by atoms with Crippen LogP contribution in [0.3, 0.4) is 0 Å². The van der Waals surface area contributed by atoms with Gasteiger partial charge in [0.25, 0.3) is 0 Å². The summed E-state index contributed by atoms with van der Waals surface area (Å²) < 4.78 is 0. The lowest BCUT2D eigenvalue weighted by molar-refractivity contribution is -0.125. The Balaban J connectivity index is 3.52. The van der Waals surface area contributed by atoms with Gasteiger partial charge in [-0.1, -0.05) is 27.7 Å². The molecule has 3 nitrogen and oxygen atoms in total. The highest BCUT2D eigenvalue weighted by molar-refractivity contribution is 5.78. The van der Waals surface area contributed by atoms with E-state index in [1.165, 1.54) is 0 Å². The number of carbonyl (C=O) groups excluding carboxylic acids is 1. The van der Waals surface area contributed by atoms with Crippen LogP contribution in [0.25, 0.3) is 0 Å². The van der Waals surface area contributed by atoms with Gasteiger partial charge >= 0.3 is 0 Å². The van der Waals surface area contributed by atoms with Crippen LogP contribution >= 0.6 is 0 Å². The molecule has 0 fully saturated rings. The Kier molecular flexibility index (Phi) is 7.48. The molecule has 0 saturated heterocycles. The molecule has 3 heteroatoms. The van der Waals surface area contributed by atoms with Crippen molar-refractivity contribution in [3.63, 3.8) is 0 Å². The molecule has 1 amide bonds. The molecule has 84 valence electrons. The first kappa shape index (κ1) is 13.4. The van der Waals surface area contributed by atoms with E-state index in [0.717, 1.165) is 25.9 Å². The predicted octanol–water partition coefficient (Wildman–Crippen LogP) is 1.54. The molecule has 0 radical (unpaired) electrons. The molecule has 0 atom stereocenters. The third-order valence-corrected chi connectivity index (χ3v) is 2.33. The second-order valence-corrected chi connectivity index (χ2v) is 3.91. The first-order valence-corrected chi connectivity index (χ1v) is 5.62. The normalized spacial score (nSPS) is 11.0. The van der Waals surface area contributed by atoms with Crippen molar-refractivity contribution in [3.8, 4) is 0 Å². The number of hydrogen-bond donors (Lipinski definition) is 2. The summed E-state index contributed by atoms with van der Waals surface area (Å²) in [5.41, 5.74) is 0. The van der Waals surface area contributed by atoms with Crippen LogP contribution in [0.1, 0.15) is 40.5 Å². The Morgan fingerprint density at radius 1 is 1.14 bits per heavy atom. The lowest BCUT2D eigenvalue weighted by Gasteiger charge is -2.13. The molecule has 0 spiro atoms. The molecular weight excluding hydrogens is 176 g/mol. The monoisotopic (exact) mass is 200 g/mol. The maximum absolute atomic E-state index is 11.5. The van der Waals surface area contributed by atoms with E-state index in [4.69, 9.17) is 0 Å². The minimum atomic E-state index is 0.189. The molecule has 0 aliphatic heterocycles. The molecule has 0 saturated carbocycles. The fourth-order valence-electron chi connectivity index (χ4n) is 1.35. The molecule has 14 heavy (non-hydrogen) atoms. The van der Waals surface area contributed by atoms with Crippen LogP contribution in [0.4, 0.5) is 0 Å². The van der Waals surface area contributed by atoms with Crippen molar-refractivity contribution in [3.05, 3.63) is 0 Å². The summed E-state index contributed by atoms with van der Waals surface area (Å²) in [6.07, 6.45) is 1.86. The van der Waals surface area contributed by atoms with Crippen LogP contribution in [-0.4, -0.2) is 25.0 Å². The van der Waals surface area contributed by atoms with Crippen LogP contribution in [0, 0.1) is 5.92 Å². The van der Waals surface area contributed by atoms with Crippen LogP contribution in [0.15, 0.2) is 0 Å². The quantitative estimate of drug-likeness (QED) is 0.612. The van der Waals surface area contributed by atoms with E-state index in [1.54, 1.807) is 0 Å². The fraction of sp³-hybridized carbons (Fsp3) is 0.909. The van der Waals surface area contributed by atoms with E-state index >= 15 is 0 Å². The van der Waals surface area contributed by atoms with Gasteiger partial charge in [-0.15, -0.1) is 0 Å². The Hall–Kier alpha value is -0.570. The molecule has 2 N–H and O–H groups in total. The van der Waals surface area contributed by atoms with E-state index in [9.17, 15) is 4.79 Å². The van der Waals surface area contributed by atoms with E-state index in [-0.39, 0.29) is 11.8 Å². The van der Waals surface area contributed by atoms with Gasteiger partial charge in [0.1, 0.15) is 0 Å². The summed E-state index contributed by atoms with van der Waals surface area (Å²) in [6, 6.07) is 0.486. The van der Waals surface area contributed by atoms with Crippen molar-refractivity contribution in [2.45, 2.75) is 46.6 Å². The smallest absolute Gasteiger partial charge is 0.223 e. The van der Waals surface area contributed by atoms with Gasteiger partial charge < -0.3 is 10.6 Å². The zero-order chi connectivity index (χ0) is 11.0. The van der Waals surface area contributed by atoms with Crippen LogP contribution in [-0.2, 0) is 4.79 Å². The minimum Gasteiger partial charge on any atom is -0.355 e. The van der Waals surface area contributed by atoms with Gasteiger partial charge in [-0.3, -0.25) is 4.79 Å². The summed E-state index contributed by atoms with van der Waals surface area (Å²) in [5.74, 6) is 0.384. The molecule has 0 aromatic heterocycles. The summed E-state index contributed by atoms with van der Waals surface area (Å²) in [7, 11) is 0. The average molecular weight is 200 g/mol. The first-order valence-electron chi connectivity index (χ1n) is 5.62. The first-order chi connectivity index (χ1) is 6.61. The summed E-state index contributed by atoms with van der Waals surface area (Å²) in [6.45, 7) is 9.89. The predicted molar refractivity (Wildman–Crippen MR) is 60.2 cm³/mol. The summed E-state index contributed by atoms with van der Waals surface area (Å²) in [5, 5.41) is 6.20. The van der Waals surface area contributed by atoms with Crippen molar-refractivity contribution in [1.29, 1.82) is 0 Å². The average Bonchev–Trinajstić information content (AvgIpc) is 2.14. The topological polar surface area (TPSA) is 41.1 Å². The van der Waals surface area contributed by atoms with Gasteiger partial charge in [0.2, 0.25) is 5.91 Å². The van der Waals surface area contributed by atoms with Crippen LogP contribution in [0.5, 0.6) is 0 Å². The maximum atomic E-state index is 11.5. The van der Waals surface area contributed by atoms with Gasteiger partial charge in [-0.25, -0.2) is 0 Å². The third-order valence-electron chi connectivity index (χ3n) is 2.33. The van der Waals surface area contributed by atoms with Gasteiger partial charge in [0.05, 0.1) is 0 Å². The number of amides is 1. The molecular formula is C11H24N2O. The molecule has 0 aromatic rings. The highest BCUT2D eigenvalue weighted by Crippen LogP contribution is 2.06. The molecule has 0 unspecified atom stereocenters. The van der Waals surface area contributed by atoms with Crippen molar-refractivity contribution in [2.24, 2.45) is 5.92 Å². The second kappa shape index (κ2) is 7.80. The number of nitrogens with one attached hydrogen (secondary N) is 2. The lowest BCUT2D eigenvalue weighted by Crippen LogP contribution is -2.37. The second-order valence-electron chi connectivity index (χ2n) is 3.91. The van der Waals surface area contributed by atoms with Crippen molar-refractivity contribution < 1.29 is 4.79 Å². The van der Waals surface area contributed by atoms with Crippen molar-refractivity contribution in [1.82, 2.24) is 10.6 Å². The third kappa shape index (κ3) is 5.97. The van der Waals surface area contributed by atoms with E-state index in [2.05, 4.69) is 38.3 Å². The summed E-state index contributed by atoms with van der Waals surface area (Å²) >= 11 is 0. The van der Waals surface area contributed by atoms with Crippen LogP contribution < -0.4 is 10.6 Å². The van der Waals surface area contributed by atoms with Gasteiger partial charge in [-0.05, 0) is 12.8 Å². The van der Waals surface area contributed by atoms with Gasteiger partial charge in [0.15, 0.2) is 0 Å². The highest BCUT2D eigenvalue weighted by Gasteiger charge is 2.12. The maximum Gasteiger partial charge on any atom is 0.223 e. The Bertz CT molecular complexity index is 153. The molecule has 0 aliphatic carbocycles. The van der Waals surface area contributed by atoms with Crippen molar-refractivity contribution >= 4 is 5.91 Å². The van der Waals surface area contributed by atoms with Gasteiger partial charge in [0, 0.05) is 25.0 Å². The Morgan fingerprint density at radius 3 is 2.14 bits per heavy atom. The molecule has 0 heterocycles. The number of hydrogen-bond acceptors (Lipinski definition) is 2. The largest absolute Gasteiger partial charge is 0.355 e. The molecule has 0 bridgehead atoms. The standard InChI is InChI=1S/C11H24N2O/c1-5-10(6-2)11(14)13-8-7-12-9(3)4/h9-10,12H,5-8H2,1-4H3,(H,13,14). The lowest BCUT2D eigenvalue weighted by atomic mass is 10.0. The fourth-order valence-corrected chi connectivity index (χ4v) is 1.35. The molecule has 0 aliphatic rings. The zero-order valence-electron chi connectivity index (χ0n) is 9.89. The summed E-state index contributed by atoms with van der Waals surface area (Å²) in [4.78, 5) is 11.5. The zero-order valence-corrected chi connectivity index (χ0v) is 9.89. The SMILES string of the molecule is CCC(CC)C(=O)NCCNC(C)C. The highest BCUT2D eigenvalue weighted by atomic mass is 16.1. The number of carbonyl (C=O) groups is 1. The molecule has 0 rings (SSSR count). The number of rotatable bonds is 7.